The molecule has 0 aliphatic rings. The summed E-state index contributed by atoms with van der Waals surface area (Å²) in [5.74, 6) is 0.794. The Hall–Kier alpha value is -2.75. The predicted octanol–water partition coefficient (Wildman–Crippen LogP) is 3.16. The second-order valence-electron chi connectivity index (χ2n) is 5.56. The fourth-order valence-corrected chi connectivity index (χ4v) is 2.67. The molecule has 0 fully saturated rings. The number of benzene rings is 2. The molecule has 4 nitrogen and oxygen atoms in total. The first-order chi connectivity index (χ1) is 11.2. The number of rotatable bonds is 5. The molecule has 0 atom stereocenters. The van der Waals surface area contributed by atoms with Crippen molar-refractivity contribution in [2.45, 2.75) is 6.42 Å². The van der Waals surface area contributed by atoms with Gasteiger partial charge in [-0.3, -0.25) is 4.79 Å². The Morgan fingerprint density at radius 1 is 1.17 bits per heavy atom. The third-order valence-corrected chi connectivity index (χ3v) is 3.98. The van der Waals surface area contributed by atoms with Crippen molar-refractivity contribution in [1.82, 2.24) is 9.88 Å². The van der Waals surface area contributed by atoms with Gasteiger partial charge in [0, 0.05) is 36.3 Å². The zero-order chi connectivity index (χ0) is 16.2. The van der Waals surface area contributed by atoms with E-state index in [-0.39, 0.29) is 5.91 Å². The number of carbonyl (C=O) groups is 1. The highest BCUT2D eigenvalue weighted by atomic mass is 16.5. The van der Waals surface area contributed by atoms with E-state index in [0.29, 0.717) is 12.1 Å². The largest absolute Gasteiger partial charge is 0.497 e. The molecule has 1 heterocycles. The summed E-state index contributed by atoms with van der Waals surface area (Å²) in [4.78, 5) is 12.3. The maximum atomic E-state index is 12.3. The van der Waals surface area contributed by atoms with Crippen LogP contribution in [0.15, 0.2) is 54.7 Å². The van der Waals surface area contributed by atoms with Crippen LogP contribution in [0.4, 0.5) is 0 Å². The number of ether oxygens (including phenoxy) is 1. The van der Waals surface area contributed by atoms with E-state index in [1.54, 1.807) is 7.11 Å². The molecule has 0 aliphatic carbocycles. The molecular formula is C19H20N2O2. The molecule has 2 aromatic carbocycles. The van der Waals surface area contributed by atoms with Gasteiger partial charge in [0.2, 0.25) is 0 Å². The summed E-state index contributed by atoms with van der Waals surface area (Å²) in [6.45, 7) is 0.596. The number of nitrogens with zero attached hydrogens (tertiary/aromatic N) is 1. The number of hydrogen-bond donors (Lipinski definition) is 1. The molecule has 1 N–H and O–H groups in total. The number of amides is 1. The molecule has 118 valence electrons. The van der Waals surface area contributed by atoms with Gasteiger partial charge in [0.05, 0.1) is 7.11 Å². The van der Waals surface area contributed by atoms with Gasteiger partial charge in [0.15, 0.2) is 0 Å². The van der Waals surface area contributed by atoms with Crippen LogP contribution in [0.5, 0.6) is 5.75 Å². The lowest BCUT2D eigenvalue weighted by atomic mass is 10.1. The average molecular weight is 308 g/mol. The molecule has 1 amide bonds. The molecule has 3 rings (SSSR count). The maximum Gasteiger partial charge on any atom is 0.251 e. The molecule has 0 aliphatic heterocycles. The highest BCUT2D eigenvalue weighted by Crippen LogP contribution is 2.17. The number of nitrogens with one attached hydrogen (secondary N) is 1. The lowest BCUT2D eigenvalue weighted by Gasteiger charge is -2.07. The molecular weight excluding hydrogens is 288 g/mol. The number of hydrogen-bond acceptors (Lipinski definition) is 2. The van der Waals surface area contributed by atoms with Crippen molar-refractivity contribution in [3.8, 4) is 5.75 Å². The van der Waals surface area contributed by atoms with Crippen molar-refractivity contribution in [2.75, 3.05) is 13.7 Å². The minimum atomic E-state index is -0.0429. The fraction of sp³-hybridized carbons (Fsp3) is 0.211. The summed E-state index contributed by atoms with van der Waals surface area (Å²) < 4.78 is 7.25. The summed E-state index contributed by atoms with van der Waals surface area (Å²) in [5.41, 5.74) is 2.95. The average Bonchev–Trinajstić information content (AvgIpc) is 2.95. The van der Waals surface area contributed by atoms with Crippen LogP contribution in [0.1, 0.15) is 15.9 Å². The molecule has 0 radical (unpaired) electrons. The number of aromatic nitrogens is 1. The monoisotopic (exact) mass is 308 g/mol. The number of carbonyl (C=O) groups excluding carboxylic acids is 1. The summed E-state index contributed by atoms with van der Waals surface area (Å²) in [6.07, 6.45) is 2.77. The van der Waals surface area contributed by atoms with Crippen molar-refractivity contribution < 1.29 is 9.53 Å². The van der Waals surface area contributed by atoms with Crippen molar-refractivity contribution in [1.29, 1.82) is 0 Å². The van der Waals surface area contributed by atoms with Crippen LogP contribution >= 0.6 is 0 Å². The van der Waals surface area contributed by atoms with Crippen LogP contribution in [0.25, 0.3) is 10.9 Å². The van der Waals surface area contributed by atoms with Crippen molar-refractivity contribution in [3.63, 3.8) is 0 Å². The van der Waals surface area contributed by atoms with Gasteiger partial charge in [-0.15, -0.1) is 0 Å². The molecule has 4 heteroatoms. The van der Waals surface area contributed by atoms with Crippen LogP contribution in [0, 0.1) is 0 Å². The van der Waals surface area contributed by atoms with E-state index in [2.05, 4.69) is 5.32 Å². The number of methoxy groups -OCH3 is 1. The van der Waals surface area contributed by atoms with E-state index < -0.39 is 0 Å². The zero-order valence-electron chi connectivity index (χ0n) is 13.4. The topological polar surface area (TPSA) is 43.3 Å². The van der Waals surface area contributed by atoms with Crippen molar-refractivity contribution >= 4 is 16.8 Å². The lowest BCUT2D eigenvalue weighted by Crippen LogP contribution is -2.25. The van der Waals surface area contributed by atoms with Gasteiger partial charge in [-0.2, -0.15) is 0 Å². The van der Waals surface area contributed by atoms with Gasteiger partial charge in [-0.1, -0.05) is 12.1 Å². The van der Waals surface area contributed by atoms with E-state index in [9.17, 15) is 4.79 Å². The molecule has 0 unspecified atom stereocenters. The molecule has 1 aromatic heterocycles. The van der Waals surface area contributed by atoms with Crippen LogP contribution in [-0.4, -0.2) is 24.1 Å². The van der Waals surface area contributed by atoms with Gasteiger partial charge >= 0.3 is 0 Å². The molecule has 23 heavy (non-hydrogen) atoms. The first-order valence-electron chi connectivity index (χ1n) is 7.63. The second-order valence-corrected chi connectivity index (χ2v) is 5.56. The molecule has 3 aromatic rings. The molecule has 0 spiro atoms. The Labute approximate surface area is 135 Å². The SMILES string of the molecule is COc1cccc(CCNC(=O)c2ccc3c(ccn3C)c2)c1. The Morgan fingerprint density at radius 2 is 2.04 bits per heavy atom. The second kappa shape index (κ2) is 6.57. The number of fused-ring (bicyclic) bond motifs is 1. The highest BCUT2D eigenvalue weighted by Gasteiger charge is 2.07. The standard InChI is InChI=1S/C19H20N2O2/c1-21-11-9-15-13-16(6-7-18(15)21)19(22)20-10-8-14-4-3-5-17(12-14)23-2/h3-7,9,11-13H,8,10H2,1-2H3,(H,20,22). The third-order valence-electron chi connectivity index (χ3n) is 3.98. The van der Waals surface area contributed by atoms with Crippen molar-refractivity contribution in [2.24, 2.45) is 7.05 Å². The number of aryl methyl sites for hydroxylation is 1. The maximum absolute atomic E-state index is 12.3. The van der Waals surface area contributed by atoms with Gasteiger partial charge in [0.25, 0.3) is 5.91 Å². The lowest BCUT2D eigenvalue weighted by molar-refractivity contribution is 0.0954. The summed E-state index contributed by atoms with van der Waals surface area (Å²) in [6, 6.07) is 15.7. The van der Waals surface area contributed by atoms with E-state index in [1.807, 2.05) is 66.3 Å². The quantitative estimate of drug-likeness (QED) is 0.787. The molecule has 0 bridgehead atoms. The van der Waals surface area contributed by atoms with Gasteiger partial charge < -0.3 is 14.6 Å². The van der Waals surface area contributed by atoms with E-state index in [4.69, 9.17) is 4.74 Å². The minimum absolute atomic E-state index is 0.0429. The van der Waals surface area contributed by atoms with Crippen LogP contribution in [0.3, 0.4) is 0 Å². The summed E-state index contributed by atoms with van der Waals surface area (Å²) >= 11 is 0. The van der Waals surface area contributed by atoms with Crippen molar-refractivity contribution in [3.05, 3.63) is 65.9 Å². The van der Waals surface area contributed by atoms with Gasteiger partial charge in [-0.25, -0.2) is 0 Å². The van der Waals surface area contributed by atoms with Crippen LogP contribution < -0.4 is 10.1 Å². The van der Waals surface area contributed by atoms with E-state index >= 15 is 0 Å². The van der Waals surface area contributed by atoms with E-state index in [1.165, 1.54) is 0 Å². The minimum Gasteiger partial charge on any atom is -0.497 e. The normalized spacial score (nSPS) is 10.7. The van der Waals surface area contributed by atoms with Gasteiger partial charge in [-0.05, 0) is 48.4 Å². The highest BCUT2D eigenvalue weighted by molar-refractivity contribution is 5.98. The van der Waals surface area contributed by atoms with E-state index in [0.717, 1.165) is 28.6 Å². The summed E-state index contributed by atoms with van der Waals surface area (Å²) in [5, 5.41) is 4.05. The Bertz CT molecular complexity index is 836. The predicted molar refractivity (Wildman–Crippen MR) is 92.0 cm³/mol. The Balaban J connectivity index is 1.61. The fourth-order valence-electron chi connectivity index (χ4n) is 2.67. The molecule has 0 saturated carbocycles. The molecule has 0 saturated heterocycles. The summed E-state index contributed by atoms with van der Waals surface area (Å²) in [7, 11) is 3.65. The Morgan fingerprint density at radius 3 is 2.87 bits per heavy atom. The van der Waals surface area contributed by atoms with Crippen LogP contribution in [-0.2, 0) is 13.5 Å². The van der Waals surface area contributed by atoms with Crippen LogP contribution in [0.2, 0.25) is 0 Å². The first-order valence-corrected chi connectivity index (χ1v) is 7.63. The first kappa shape index (κ1) is 15.2. The van der Waals surface area contributed by atoms with Gasteiger partial charge in [0.1, 0.15) is 5.75 Å². The third kappa shape index (κ3) is 3.37. The Kier molecular flexibility index (Phi) is 4.33. The smallest absolute Gasteiger partial charge is 0.251 e. The zero-order valence-corrected chi connectivity index (χ0v) is 13.4.